The molecule has 0 radical (unpaired) electrons. The number of nitrogens with zero attached hydrogens (tertiary/aromatic N) is 1. The number of halogens is 3. The molecule has 1 unspecified atom stereocenters. The van der Waals surface area contributed by atoms with Crippen LogP contribution in [0.4, 0.5) is 20.2 Å². The number of hydrogen-bond acceptors (Lipinski definition) is 3. The second kappa shape index (κ2) is 7.49. The summed E-state index contributed by atoms with van der Waals surface area (Å²) in [6.07, 6.45) is -0.913. The largest absolute Gasteiger partial charge is 0.481 e. The Morgan fingerprint density at radius 2 is 1.88 bits per heavy atom. The van der Waals surface area contributed by atoms with E-state index in [4.69, 9.17) is 16.3 Å². The lowest BCUT2D eigenvalue weighted by Gasteiger charge is -2.20. The van der Waals surface area contributed by atoms with E-state index >= 15 is 0 Å². The molecule has 0 aliphatic heterocycles. The molecule has 24 heavy (non-hydrogen) atoms. The quantitative estimate of drug-likeness (QED) is 0.879. The van der Waals surface area contributed by atoms with Crippen molar-refractivity contribution in [2.24, 2.45) is 0 Å². The predicted octanol–water partition coefficient (Wildman–Crippen LogP) is 4.09. The number of amides is 1. The van der Waals surface area contributed by atoms with Gasteiger partial charge in [-0.15, -0.1) is 0 Å². The van der Waals surface area contributed by atoms with Crippen LogP contribution in [-0.2, 0) is 4.79 Å². The molecule has 0 fully saturated rings. The fourth-order valence-corrected chi connectivity index (χ4v) is 2.21. The van der Waals surface area contributed by atoms with E-state index in [0.717, 1.165) is 17.8 Å². The van der Waals surface area contributed by atoms with Gasteiger partial charge in [-0.25, -0.2) is 8.78 Å². The van der Waals surface area contributed by atoms with Crippen LogP contribution in [0.25, 0.3) is 0 Å². The zero-order valence-corrected chi connectivity index (χ0v) is 14.2. The molecule has 1 atom stereocenters. The van der Waals surface area contributed by atoms with E-state index in [1.165, 1.54) is 13.0 Å². The van der Waals surface area contributed by atoms with Crippen molar-refractivity contribution in [3.05, 3.63) is 53.1 Å². The minimum absolute atomic E-state index is 0.0653. The van der Waals surface area contributed by atoms with Crippen LogP contribution in [0.15, 0.2) is 36.4 Å². The Morgan fingerprint density at radius 3 is 2.50 bits per heavy atom. The first-order valence-electron chi connectivity index (χ1n) is 7.17. The number of benzene rings is 2. The van der Waals surface area contributed by atoms with Crippen LogP contribution in [0, 0.1) is 11.6 Å². The molecule has 1 amide bonds. The van der Waals surface area contributed by atoms with Gasteiger partial charge < -0.3 is 15.0 Å². The molecule has 0 aromatic heterocycles. The van der Waals surface area contributed by atoms with Crippen LogP contribution in [0.5, 0.6) is 5.75 Å². The molecule has 0 heterocycles. The maximum atomic E-state index is 13.2. The van der Waals surface area contributed by atoms with Crippen molar-refractivity contribution in [2.75, 3.05) is 24.3 Å². The summed E-state index contributed by atoms with van der Waals surface area (Å²) in [6, 6.07) is 8.21. The molecule has 0 saturated carbocycles. The predicted molar refractivity (Wildman–Crippen MR) is 90.9 cm³/mol. The molecule has 1 N–H and O–H groups in total. The molecule has 0 bridgehead atoms. The fourth-order valence-electron chi connectivity index (χ4n) is 2.04. The third-order valence-corrected chi connectivity index (χ3v) is 3.51. The van der Waals surface area contributed by atoms with Crippen molar-refractivity contribution in [1.29, 1.82) is 0 Å². The van der Waals surface area contributed by atoms with Gasteiger partial charge in [0.1, 0.15) is 5.75 Å². The van der Waals surface area contributed by atoms with E-state index in [0.29, 0.717) is 10.7 Å². The van der Waals surface area contributed by atoms with Crippen molar-refractivity contribution in [3.8, 4) is 5.75 Å². The van der Waals surface area contributed by atoms with Crippen LogP contribution < -0.4 is 15.0 Å². The zero-order valence-electron chi connectivity index (χ0n) is 13.4. The van der Waals surface area contributed by atoms with E-state index in [9.17, 15) is 13.6 Å². The minimum Gasteiger partial charge on any atom is -0.481 e. The molecule has 0 saturated heterocycles. The highest BCUT2D eigenvalue weighted by molar-refractivity contribution is 6.31. The third kappa shape index (κ3) is 4.35. The molecule has 2 rings (SSSR count). The summed E-state index contributed by atoms with van der Waals surface area (Å²) >= 11 is 5.97. The Hall–Kier alpha value is -2.34. The summed E-state index contributed by atoms with van der Waals surface area (Å²) in [5, 5.41) is 3.20. The highest BCUT2D eigenvalue weighted by Crippen LogP contribution is 2.28. The first kappa shape index (κ1) is 18.0. The van der Waals surface area contributed by atoms with Crippen LogP contribution in [0.1, 0.15) is 6.92 Å². The molecule has 2 aromatic rings. The molecule has 0 aliphatic carbocycles. The Labute approximate surface area is 144 Å². The lowest BCUT2D eigenvalue weighted by Crippen LogP contribution is -2.30. The summed E-state index contributed by atoms with van der Waals surface area (Å²) in [5.41, 5.74) is 1.30. The molecular formula is C17H17ClF2N2O2. The normalized spacial score (nSPS) is 11.8. The smallest absolute Gasteiger partial charge is 0.265 e. The highest BCUT2D eigenvalue weighted by Gasteiger charge is 2.18. The lowest BCUT2D eigenvalue weighted by atomic mass is 10.2. The van der Waals surface area contributed by atoms with Gasteiger partial charge in [0.05, 0.1) is 11.4 Å². The number of ether oxygens (including phenoxy) is 1. The maximum absolute atomic E-state index is 13.2. The van der Waals surface area contributed by atoms with E-state index in [2.05, 4.69) is 5.32 Å². The van der Waals surface area contributed by atoms with Gasteiger partial charge in [-0.3, -0.25) is 4.79 Å². The first-order valence-corrected chi connectivity index (χ1v) is 7.55. The number of anilines is 2. The second-order valence-electron chi connectivity index (χ2n) is 5.38. The Bertz CT molecular complexity index is 753. The summed E-state index contributed by atoms with van der Waals surface area (Å²) in [7, 11) is 3.67. The summed E-state index contributed by atoms with van der Waals surface area (Å²) < 4.78 is 31.5. The topological polar surface area (TPSA) is 41.6 Å². The standard InChI is InChI=1S/C17H17ClF2N2O2/c1-10(24-12-5-6-13(19)14(20)9-12)17(23)21-15-8-11(18)4-7-16(15)22(2)3/h4-10H,1-3H3,(H,21,23). The van der Waals surface area contributed by atoms with Gasteiger partial charge in [-0.2, -0.15) is 0 Å². The van der Waals surface area contributed by atoms with E-state index in [-0.39, 0.29) is 5.75 Å². The Kier molecular flexibility index (Phi) is 5.62. The van der Waals surface area contributed by atoms with Gasteiger partial charge in [0.25, 0.3) is 5.91 Å². The number of hydrogen-bond donors (Lipinski definition) is 1. The van der Waals surface area contributed by atoms with Crippen molar-refractivity contribution in [2.45, 2.75) is 13.0 Å². The zero-order chi connectivity index (χ0) is 17.9. The first-order chi connectivity index (χ1) is 11.3. The lowest BCUT2D eigenvalue weighted by molar-refractivity contribution is -0.122. The van der Waals surface area contributed by atoms with Crippen molar-refractivity contribution < 1.29 is 18.3 Å². The maximum Gasteiger partial charge on any atom is 0.265 e. The SMILES string of the molecule is CC(Oc1ccc(F)c(F)c1)C(=O)Nc1cc(Cl)ccc1N(C)C. The number of rotatable bonds is 5. The van der Waals surface area contributed by atoms with Crippen molar-refractivity contribution in [1.82, 2.24) is 0 Å². The molecule has 128 valence electrons. The minimum atomic E-state index is -1.04. The number of nitrogens with one attached hydrogen (secondary N) is 1. The van der Waals surface area contributed by atoms with E-state index in [1.807, 2.05) is 19.0 Å². The van der Waals surface area contributed by atoms with Crippen molar-refractivity contribution >= 4 is 28.9 Å². The Balaban J connectivity index is 2.11. The van der Waals surface area contributed by atoms with Crippen LogP contribution in [0.3, 0.4) is 0 Å². The van der Waals surface area contributed by atoms with Gasteiger partial charge in [-0.05, 0) is 37.3 Å². The molecule has 4 nitrogen and oxygen atoms in total. The van der Waals surface area contributed by atoms with Crippen LogP contribution in [0.2, 0.25) is 5.02 Å². The third-order valence-electron chi connectivity index (χ3n) is 3.27. The molecule has 0 aliphatic rings. The highest BCUT2D eigenvalue weighted by atomic mass is 35.5. The summed E-state index contributed by atoms with van der Waals surface area (Å²) in [5.74, 6) is -2.39. The second-order valence-corrected chi connectivity index (χ2v) is 5.82. The van der Waals surface area contributed by atoms with Gasteiger partial charge in [0, 0.05) is 25.2 Å². The summed E-state index contributed by atoms with van der Waals surface area (Å²) in [4.78, 5) is 14.1. The number of carbonyl (C=O) groups is 1. The van der Waals surface area contributed by atoms with Crippen molar-refractivity contribution in [3.63, 3.8) is 0 Å². The van der Waals surface area contributed by atoms with E-state index < -0.39 is 23.6 Å². The molecule has 7 heteroatoms. The van der Waals surface area contributed by atoms with E-state index in [1.54, 1.807) is 18.2 Å². The average molecular weight is 355 g/mol. The molecule has 0 spiro atoms. The molecular weight excluding hydrogens is 338 g/mol. The fraction of sp³-hybridized carbons (Fsp3) is 0.235. The monoisotopic (exact) mass is 354 g/mol. The van der Waals surface area contributed by atoms with Crippen LogP contribution in [-0.4, -0.2) is 26.1 Å². The van der Waals surface area contributed by atoms with Gasteiger partial charge in [0.2, 0.25) is 0 Å². The Morgan fingerprint density at radius 1 is 1.17 bits per heavy atom. The summed E-state index contributed by atoms with van der Waals surface area (Å²) in [6.45, 7) is 1.51. The molecule has 2 aromatic carbocycles. The van der Waals surface area contributed by atoms with Gasteiger partial charge in [0.15, 0.2) is 17.7 Å². The van der Waals surface area contributed by atoms with Gasteiger partial charge in [-0.1, -0.05) is 11.6 Å². The van der Waals surface area contributed by atoms with Gasteiger partial charge >= 0.3 is 0 Å². The van der Waals surface area contributed by atoms with Crippen LogP contribution >= 0.6 is 11.6 Å². The average Bonchev–Trinajstić information content (AvgIpc) is 2.50. The number of carbonyl (C=O) groups excluding carboxylic acids is 1.